The van der Waals surface area contributed by atoms with Gasteiger partial charge in [-0.15, -0.1) is 0 Å². The van der Waals surface area contributed by atoms with Crippen LogP contribution in [0.4, 0.5) is 10.5 Å². The summed E-state index contributed by atoms with van der Waals surface area (Å²) in [6.07, 6.45) is 1.39. The van der Waals surface area contributed by atoms with E-state index in [2.05, 4.69) is 5.32 Å². The Morgan fingerprint density at radius 1 is 0.810 bits per heavy atom. The molecule has 0 atom stereocenters. The summed E-state index contributed by atoms with van der Waals surface area (Å²) in [5.41, 5.74) is 2.16. The van der Waals surface area contributed by atoms with Crippen LogP contribution in [-0.4, -0.2) is 25.0 Å². The molecule has 212 valence electrons. The SMILES string of the molecule is COc1ccc(/C=C2\C(=O)NC(=O)N(c3ccc(OCc4ccc(Cl)cc4Cl)cc3)C2=O)c(OCc2ccccc2)c1. The number of methoxy groups -OCH3 is 1. The lowest BCUT2D eigenvalue weighted by Gasteiger charge is -2.26. The van der Waals surface area contributed by atoms with E-state index in [1.807, 2.05) is 30.3 Å². The Morgan fingerprint density at radius 3 is 2.26 bits per heavy atom. The largest absolute Gasteiger partial charge is 0.497 e. The van der Waals surface area contributed by atoms with Gasteiger partial charge in [0.05, 0.1) is 12.8 Å². The maximum absolute atomic E-state index is 13.5. The zero-order valence-electron chi connectivity index (χ0n) is 22.3. The Bertz CT molecular complexity index is 1670. The van der Waals surface area contributed by atoms with E-state index in [1.54, 1.807) is 60.7 Å². The molecule has 4 aromatic rings. The lowest BCUT2D eigenvalue weighted by atomic mass is 10.1. The van der Waals surface area contributed by atoms with Crippen molar-refractivity contribution in [2.75, 3.05) is 12.0 Å². The maximum Gasteiger partial charge on any atom is 0.335 e. The fraction of sp³-hybridized carbons (Fsp3) is 0.0938. The minimum atomic E-state index is -0.862. The molecule has 8 nitrogen and oxygen atoms in total. The summed E-state index contributed by atoms with van der Waals surface area (Å²) in [4.78, 5) is 39.9. The second kappa shape index (κ2) is 12.8. The van der Waals surface area contributed by atoms with Crippen molar-refractivity contribution in [2.45, 2.75) is 13.2 Å². The molecule has 0 aliphatic carbocycles. The summed E-state index contributed by atoms with van der Waals surface area (Å²) in [5.74, 6) is -0.171. The Labute approximate surface area is 252 Å². The summed E-state index contributed by atoms with van der Waals surface area (Å²) in [6.45, 7) is 0.448. The van der Waals surface area contributed by atoms with Crippen LogP contribution in [0.2, 0.25) is 10.0 Å². The number of nitrogens with zero attached hydrogens (tertiary/aromatic N) is 1. The first-order chi connectivity index (χ1) is 20.3. The predicted molar refractivity (Wildman–Crippen MR) is 160 cm³/mol. The highest BCUT2D eigenvalue weighted by Crippen LogP contribution is 2.30. The van der Waals surface area contributed by atoms with Crippen molar-refractivity contribution >= 4 is 52.8 Å². The van der Waals surface area contributed by atoms with Crippen LogP contribution in [0.1, 0.15) is 16.7 Å². The molecule has 1 heterocycles. The highest BCUT2D eigenvalue weighted by Gasteiger charge is 2.37. The topological polar surface area (TPSA) is 94.2 Å². The lowest BCUT2D eigenvalue weighted by Crippen LogP contribution is -2.54. The number of ether oxygens (including phenoxy) is 3. The molecule has 1 aliphatic heterocycles. The van der Waals surface area contributed by atoms with E-state index in [1.165, 1.54) is 13.2 Å². The van der Waals surface area contributed by atoms with Gasteiger partial charge >= 0.3 is 6.03 Å². The molecule has 0 saturated carbocycles. The van der Waals surface area contributed by atoms with E-state index in [0.29, 0.717) is 32.9 Å². The number of hydrogen-bond donors (Lipinski definition) is 1. The van der Waals surface area contributed by atoms with Crippen molar-refractivity contribution in [2.24, 2.45) is 0 Å². The van der Waals surface area contributed by atoms with Gasteiger partial charge in [0, 0.05) is 27.2 Å². The summed E-state index contributed by atoms with van der Waals surface area (Å²) in [5, 5.41) is 3.23. The first-order valence-electron chi connectivity index (χ1n) is 12.8. The quantitative estimate of drug-likeness (QED) is 0.167. The first kappa shape index (κ1) is 28.7. The van der Waals surface area contributed by atoms with Crippen LogP contribution in [-0.2, 0) is 22.8 Å². The van der Waals surface area contributed by atoms with E-state index < -0.39 is 17.8 Å². The number of urea groups is 1. The van der Waals surface area contributed by atoms with E-state index in [4.69, 9.17) is 37.4 Å². The minimum Gasteiger partial charge on any atom is -0.497 e. The number of carbonyl (C=O) groups is 3. The number of hydrogen-bond acceptors (Lipinski definition) is 6. The molecule has 42 heavy (non-hydrogen) atoms. The van der Waals surface area contributed by atoms with Crippen LogP contribution in [0, 0.1) is 0 Å². The van der Waals surface area contributed by atoms with Crippen LogP contribution in [0.5, 0.6) is 17.2 Å². The van der Waals surface area contributed by atoms with E-state index in [0.717, 1.165) is 16.0 Å². The third-order valence-corrected chi connectivity index (χ3v) is 6.95. The van der Waals surface area contributed by atoms with E-state index in [9.17, 15) is 14.4 Å². The zero-order valence-corrected chi connectivity index (χ0v) is 23.8. The van der Waals surface area contributed by atoms with Crippen LogP contribution in [0.3, 0.4) is 0 Å². The maximum atomic E-state index is 13.5. The predicted octanol–water partition coefficient (Wildman–Crippen LogP) is 6.83. The van der Waals surface area contributed by atoms with Crippen molar-refractivity contribution in [3.63, 3.8) is 0 Å². The van der Waals surface area contributed by atoms with Gasteiger partial charge in [-0.3, -0.25) is 14.9 Å². The van der Waals surface area contributed by atoms with Gasteiger partial charge in [-0.05, 0) is 60.2 Å². The summed E-state index contributed by atoms with van der Waals surface area (Å²) < 4.78 is 17.1. The van der Waals surface area contributed by atoms with Crippen LogP contribution >= 0.6 is 23.2 Å². The molecular weight excluding hydrogens is 579 g/mol. The molecule has 1 aliphatic rings. The molecule has 0 radical (unpaired) electrons. The normalized spacial score (nSPS) is 14.1. The average molecular weight is 603 g/mol. The Morgan fingerprint density at radius 2 is 1.55 bits per heavy atom. The Kier molecular flexibility index (Phi) is 8.76. The smallest absolute Gasteiger partial charge is 0.335 e. The Balaban J connectivity index is 1.36. The van der Waals surface area contributed by atoms with Crippen LogP contribution < -0.4 is 24.4 Å². The van der Waals surface area contributed by atoms with Gasteiger partial charge < -0.3 is 14.2 Å². The number of imide groups is 2. The van der Waals surface area contributed by atoms with Gasteiger partial charge in [-0.25, -0.2) is 9.69 Å². The molecule has 4 amide bonds. The molecule has 1 N–H and O–H groups in total. The van der Waals surface area contributed by atoms with Gasteiger partial charge in [0.15, 0.2) is 0 Å². The number of carbonyl (C=O) groups excluding carboxylic acids is 3. The standard InChI is InChI=1S/C32H24Cl2N2O6/c1-40-26-12-8-21(29(17-26)42-18-20-5-3-2-4-6-20)15-27-30(37)35-32(39)36(31(27)38)24-10-13-25(14-11-24)41-19-22-7-9-23(33)16-28(22)34/h2-17H,18-19H2,1H3,(H,35,37,39)/b27-15+. The fourth-order valence-electron chi connectivity index (χ4n) is 4.16. The van der Waals surface area contributed by atoms with Gasteiger partial charge in [-0.2, -0.15) is 0 Å². The molecule has 0 spiro atoms. The first-order valence-corrected chi connectivity index (χ1v) is 13.5. The van der Waals surface area contributed by atoms with Crippen molar-refractivity contribution in [1.29, 1.82) is 0 Å². The summed E-state index contributed by atoms with van der Waals surface area (Å²) in [7, 11) is 1.53. The average Bonchev–Trinajstić information content (AvgIpc) is 2.99. The van der Waals surface area contributed by atoms with E-state index >= 15 is 0 Å². The molecule has 0 bridgehead atoms. The van der Waals surface area contributed by atoms with Crippen LogP contribution in [0.25, 0.3) is 6.08 Å². The lowest BCUT2D eigenvalue weighted by molar-refractivity contribution is -0.122. The molecule has 1 fully saturated rings. The number of anilines is 1. The highest BCUT2D eigenvalue weighted by atomic mass is 35.5. The third kappa shape index (κ3) is 6.57. The molecule has 0 unspecified atom stereocenters. The second-order valence-corrected chi connectivity index (χ2v) is 10.00. The molecule has 10 heteroatoms. The van der Waals surface area contributed by atoms with E-state index in [-0.39, 0.29) is 24.5 Å². The number of halogens is 2. The summed E-state index contributed by atoms with van der Waals surface area (Å²) >= 11 is 12.2. The van der Waals surface area contributed by atoms with Crippen molar-refractivity contribution in [3.8, 4) is 17.2 Å². The minimum absolute atomic E-state index is 0.191. The zero-order chi connectivity index (χ0) is 29.6. The van der Waals surface area contributed by atoms with Crippen molar-refractivity contribution in [3.05, 3.63) is 123 Å². The molecular formula is C32H24Cl2N2O6. The molecule has 5 rings (SSSR count). The number of nitrogens with one attached hydrogen (secondary N) is 1. The van der Waals surface area contributed by atoms with Crippen LogP contribution in [0.15, 0.2) is 96.6 Å². The number of amides is 4. The number of rotatable bonds is 9. The van der Waals surface area contributed by atoms with Gasteiger partial charge in [0.1, 0.15) is 36.0 Å². The van der Waals surface area contributed by atoms with Gasteiger partial charge in [-0.1, -0.05) is 59.6 Å². The third-order valence-electron chi connectivity index (χ3n) is 6.36. The Hall–Kier alpha value is -4.79. The molecule has 4 aromatic carbocycles. The monoisotopic (exact) mass is 602 g/mol. The van der Waals surface area contributed by atoms with Crippen molar-refractivity contribution in [1.82, 2.24) is 5.32 Å². The van der Waals surface area contributed by atoms with Gasteiger partial charge in [0.2, 0.25) is 0 Å². The number of benzene rings is 4. The number of barbiturate groups is 1. The fourth-order valence-corrected chi connectivity index (χ4v) is 4.62. The second-order valence-electron chi connectivity index (χ2n) is 9.15. The molecule has 0 aromatic heterocycles. The van der Waals surface area contributed by atoms with Crippen molar-refractivity contribution < 1.29 is 28.6 Å². The van der Waals surface area contributed by atoms with Gasteiger partial charge in [0.25, 0.3) is 11.8 Å². The molecule has 1 saturated heterocycles. The highest BCUT2D eigenvalue weighted by molar-refractivity contribution is 6.39. The summed E-state index contributed by atoms with van der Waals surface area (Å²) in [6, 6.07) is 25.1.